The molecule has 0 fully saturated rings. The lowest BCUT2D eigenvalue weighted by molar-refractivity contribution is 1.81. The number of nitrogens with zero attached hydrogens (tertiary/aromatic N) is 3. The van der Waals surface area contributed by atoms with E-state index in [0.29, 0.717) is 0 Å². The SMILES string of the molecule is CSP1(SC)=NP(SC)(SC)=NP(SC)(SC)=N1. The summed E-state index contributed by atoms with van der Waals surface area (Å²) in [5, 5.41) is 0. The molecule has 1 heterocycles. The van der Waals surface area contributed by atoms with Gasteiger partial charge in [0.15, 0.2) is 16.8 Å². The molecule has 0 aromatic rings. The highest BCUT2D eigenvalue weighted by atomic mass is 33.1. The topological polar surface area (TPSA) is 37.1 Å². The highest BCUT2D eigenvalue weighted by Gasteiger charge is 2.35. The Morgan fingerprint density at radius 3 is 0.722 bits per heavy atom. The monoisotopic (exact) mass is 417 g/mol. The summed E-state index contributed by atoms with van der Waals surface area (Å²) in [5.41, 5.74) is -4.97. The molecular weight excluding hydrogens is 399 g/mol. The molecule has 0 unspecified atom stereocenters. The van der Waals surface area contributed by atoms with E-state index in [1.807, 2.05) is 68.3 Å². The first-order valence-electron chi connectivity index (χ1n) is 4.74. The zero-order valence-corrected chi connectivity index (χ0v) is 18.7. The molecule has 1 aliphatic heterocycles. The molecule has 0 bridgehead atoms. The summed E-state index contributed by atoms with van der Waals surface area (Å²) in [6.45, 7) is 0. The van der Waals surface area contributed by atoms with Gasteiger partial charge in [0.2, 0.25) is 0 Å². The fraction of sp³-hybridized carbons (Fsp3) is 1.00. The standard InChI is InChI=1S/C6H18N3P3S6/c1-13-10(14-2)7-11(15-3,16-4)9-12(8-10,17-5)18-6/h1-6H3. The Morgan fingerprint density at radius 2 is 0.611 bits per heavy atom. The predicted molar refractivity (Wildman–Crippen MR) is 109 cm³/mol. The van der Waals surface area contributed by atoms with E-state index in [0.717, 1.165) is 0 Å². The summed E-state index contributed by atoms with van der Waals surface area (Å²) in [5.74, 6) is 0. The first kappa shape index (κ1) is 18.8. The summed E-state index contributed by atoms with van der Waals surface area (Å²) in [4.78, 5) is 0. The van der Waals surface area contributed by atoms with E-state index >= 15 is 0 Å². The Hall–Kier alpha value is 2.79. The molecule has 0 amide bonds. The van der Waals surface area contributed by atoms with Gasteiger partial charge in [-0.3, -0.25) is 0 Å². The second-order valence-corrected chi connectivity index (χ2v) is 27.9. The van der Waals surface area contributed by atoms with E-state index in [1.54, 1.807) is 0 Å². The molecule has 1 rings (SSSR count). The fourth-order valence-electron chi connectivity index (χ4n) is 1.14. The molecule has 0 aromatic heterocycles. The van der Waals surface area contributed by atoms with Crippen molar-refractivity contribution in [2.75, 3.05) is 37.5 Å². The minimum atomic E-state index is -1.66. The number of hydrogen-bond donors (Lipinski definition) is 0. The smallest absolute Gasteiger partial charge is 0.190 e. The van der Waals surface area contributed by atoms with Gasteiger partial charge in [-0.1, -0.05) is 68.3 Å². The molecule has 0 N–H and O–H groups in total. The Kier molecular flexibility index (Phi) is 8.24. The van der Waals surface area contributed by atoms with Gasteiger partial charge < -0.3 is 0 Å². The molecule has 1 aliphatic rings. The van der Waals surface area contributed by atoms with Crippen LogP contribution in [-0.2, 0) is 0 Å². The normalized spacial score (nSPS) is 23.7. The molecule has 0 saturated heterocycles. The van der Waals surface area contributed by atoms with Crippen LogP contribution in [0.1, 0.15) is 0 Å². The summed E-state index contributed by atoms with van der Waals surface area (Å²) >= 11 is 11.1. The molecule has 0 spiro atoms. The fourth-order valence-corrected chi connectivity index (χ4v) is 39.6. The summed E-state index contributed by atoms with van der Waals surface area (Å²) in [6.07, 6.45) is 12.9. The van der Waals surface area contributed by atoms with E-state index in [4.69, 9.17) is 13.5 Å². The van der Waals surface area contributed by atoms with Crippen LogP contribution >= 0.6 is 85.1 Å². The van der Waals surface area contributed by atoms with E-state index in [-0.39, 0.29) is 0 Å². The van der Waals surface area contributed by atoms with Crippen LogP contribution in [0.4, 0.5) is 0 Å². The summed E-state index contributed by atoms with van der Waals surface area (Å²) in [6, 6.07) is 0. The van der Waals surface area contributed by atoms with Crippen molar-refractivity contribution in [3.8, 4) is 0 Å². The van der Waals surface area contributed by atoms with Crippen molar-refractivity contribution in [1.82, 2.24) is 0 Å². The molecule has 0 radical (unpaired) electrons. The molecule has 0 aliphatic carbocycles. The number of hydrogen-bond acceptors (Lipinski definition) is 9. The molecule has 12 heteroatoms. The Morgan fingerprint density at radius 1 is 0.444 bits per heavy atom. The molecule has 108 valence electrons. The van der Waals surface area contributed by atoms with Crippen molar-refractivity contribution in [3.63, 3.8) is 0 Å². The molecule has 0 atom stereocenters. The van der Waals surface area contributed by atoms with Gasteiger partial charge in [-0.2, -0.15) is 0 Å². The van der Waals surface area contributed by atoms with Gasteiger partial charge in [0.25, 0.3) is 0 Å². The Bertz CT molecular complexity index is 356. The zero-order valence-electron chi connectivity index (χ0n) is 11.1. The quantitative estimate of drug-likeness (QED) is 0.407. The van der Waals surface area contributed by atoms with Gasteiger partial charge in [-0.25, -0.2) is 13.5 Å². The molecule has 3 nitrogen and oxygen atoms in total. The van der Waals surface area contributed by atoms with Crippen LogP contribution in [0.25, 0.3) is 0 Å². The van der Waals surface area contributed by atoms with Gasteiger partial charge in [0.05, 0.1) is 0 Å². The van der Waals surface area contributed by atoms with Crippen molar-refractivity contribution >= 4 is 85.1 Å². The van der Waals surface area contributed by atoms with Crippen LogP contribution in [0.2, 0.25) is 0 Å². The summed E-state index contributed by atoms with van der Waals surface area (Å²) < 4.78 is 15.5. The van der Waals surface area contributed by atoms with E-state index in [9.17, 15) is 0 Å². The third-order valence-corrected chi connectivity index (χ3v) is 34.9. The van der Waals surface area contributed by atoms with Crippen LogP contribution in [0.5, 0.6) is 0 Å². The van der Waals surface area contributed by atoms with Crippen LogP contribution in [0.3, 0.4) is 0 Å². The zero-order chi connectivity index (χ0) is 13.9. The largest absolute Gasteiger partial charge is 0.202 e. The van der Waals surface area contributed by atoms with Crippen LogP contribution < -0.4 is 0 Å². The third kappa shape index (κ3) is 3.95. The Balaban J connectivity index is 3.63. The maximum absolute atomic E-state index is 5.15. The minimum Gasteiger partial charge on any atom is -0.202 e. The van der Waals surface area contributed by atoms with E-state index < -0.39 is 16.8 Å². The number of rotatable bonds is 6. The first-order valence-corrected chi connectivity index (χ1v) is 20.8. The lowest BCUT2D eigenvalue weighted by Gasteiger charge is -2.31. The van der Waals surface area contributed by atoms with Crippen molar-refractivity contribution in [2.24, 2.45) is 13.5 Å². The van der Waals surface area contributed by atoms with Gasteiger partial charge in [-0.05, 0) is 37.5 Å². The van der Waals surface area contributed by atoms with Gasteiger partial charge in [0, 0.05) is 0 Å². The minimum absolute atomic E-state index is 1.66. The van der Waals surface area contributed by atoms with Crippen LogP contribution in [0.15, 0.2) is 13.5 Å². The molecule has 18 heavy (non-hydrogen) atoms. The third-order valence-electron chi connectivity index (χ3n) is 2.11. The Labute approximate surface area is 135 Å². The van der Waals surface area contributed by atoms with Gasteiger partial charge in [0.1, 0.15) is 0 Å². The van der Waals surface area contributed by atoms with Crippen molar-refractivity contribution in [2.45, 2.75) is 0 Å². The molecule has 0 saturated carbocycles. The van der Waals surface area contributed by atoms with Crippen molar-refractivity contribution < 1.29 is 0 Å². The average molecular weight is 418 g/mol. The first-order chi connectivity index (χ1) is 8.49. The van der Waals surface area contributed by atoms with Crippen LogP contribution in [0, 0.1) is 0 Å². The highest BCUT2D eigenvalue weighted by molar-refractivity contribution is 8.99. The average Bonchev–Trinajstić information content (AvgIpc) is 2.46. The van der Waals surface area contributed by atoms with Gasteiger partial charge >= 0.3 is 0 Å². The summed E-state index contributed by atoms with van der Waals surface area (Å²) in [7, 11) is 0. The molecular formula is C6H18N3P3S6. The maximum Gasteiger partial charge on any atom is 0.190 e. The van der Waals surface area contributed by atoms with Gasteiger partial charge in [-0.15, -0.1) is 0 Å². The second-order valence-electron chi connectivity index (χ2n) is 2.84. The van der Waals surface area contributed by atoms with E-state index in [2.05, 4.69) is 37.5 Å². The second kappa shape index (κ2) is 7.87. The van der Waals surface area contributed by atoms with Crippen LogP contribution in [-0.4, -0.2) is 37.5 Å². The maximum atomic E-state index is 5.15. The molecule has 0 aromatic carbocycles. The highest BCUT2D eigenvalue weighted by Crippen LogP contribution is 2.95. The van der Waals surface area contributed by atoms with Crippen molar-refractivity contribution in [3.05, 3.63) is 0 Å². The predicted octanol–water partition coefficient (Wildman–Crippen LogP) is 8.02. The van der Waals surface area contributed by atoms with Crippen molar-refractivity contribution in [1.29, 1.82) is 0 Å². The lowest BCUT2D eigenvalue weighted by atomic mass is 12.0. The van der Waals surface area contributed by atoms with E-state index in [1.165, 1.54) is 0 Å². The lowest BCUT2D eigenvalue weighted by Crippen LogP contribution is -1.76.